The van der Waals surface area contributed by atoms with E-state index in [1.165, 1.54) is 12.8 Å². The molecule has 1 saturated heterocycles. The van der Waals surface area contributed by atoms with Gasteiger partial charge in [0.15, 0.2) is 0 Å². The number of hydrogen-bond acceptors (Lipinski definition) is 3. The van der Waals surface area contributed by atoms with Crippen LogP contribution in [0.4, 0.5) is 5.69 Å². The molecule has 0 bridgehead atoms. The number of nitrogens with one attached hydrogen (secondary N) is 2. The zero-order valence-corrected chi connectivity index (χ0v) is 12.6. The van der Waals surface area contributed by atoms with E-state index in [0.717, 1.165) is 37.2 Å². The van der Waals surface area contributed by atoms with E-state index < -0.39 is 0 Å². The quantitative estimate of drug-likeness (QED) is 0.895. The van der Waals surface area contributed by atoms with Crippen LogP contribution in [0.2, 0.25) is 0 Å². The minimum atomic E-state index is -0.0700. The standard InChI is InChI=1S/C17H24N2O2/c1-12-10-11-18-16(12)17(20)19-13-6-8-15(9-7-13)21-14-4-2-3-5-14/h6-9,12,14,16,18H,2-5,10-11H2,1H3,(H,19,20). The molecule has 3 rings (SSSR count). The third kappa shape index (κ3) is 3.56. The van der Waals surface area contributed by atoms with Gasteiger partial charge in [-0.15, -0.1) is 0 Å². The maximum Gasteiger partial charge on any atom is 0.241 e. The van der Waals surface area contributed by atoms with Crippen LogP contribution in [0.25, 0.3) is 0 Å². The van der Waals surface area contributed by atoms with Crippen molar-refractivity contribution in [3.63, 3.8) is 0 Å². The minimum absolute atomic E-state index is 0.0597. The van der Waals surface area contributed by atoms with Crippen molar-refractivity contribution in [2.45, 2.75) is 51.2 Å². The van der Waals surface area contributed by atoms with E-state index in [1.807, 2.05) is 24.3 Å². The lowest BCUT2D eigenvalue weighted by Gasteiger charge is -2.16. The summed E-state index contributed by atoms with van der Waals surface area (Å²) >= 11 is 0. The van der Waals surface area contributed by atoms with Crippen molar-refractivity contribution in [1.82, 2.24) is 5.32 Å². The summed E-state index contributed by atoms with van der Waals surface area (Å²) in [5, 5.41) is 6.23. The molecule has 4 heteroatoms. The van der Waals surface area contributed by atoms with E-state index >= 15 is 0 Å². The van der Waals surface area contributed by atoms with Crippen LogP contribution in [0.3, 0.4) is 0 Å². The first-order valence-electron chi connectivity index (χ1n) is 8.03. The fraction of sp³-hybridized carbons (Fsp3) is 0.588. The summed E-state index contributed by atoms with van der Waals surface area (Å²) < 4.78 is 5.93. The van der Waals surface area contributed by atoms with Crippen LogP contribution in [0.15, 0.2) is 24.3 Å². The van der Waals surface area contributed by atoms with Crippen molar-refractivity contribution in [2.75, 3.05) is 11.9 Å². The Bertz CT molecular complexity index is 480. The maximum absolute atomic E-state index is 12.2. The second kappa shape index (κ2) is 6.48. The number of amides is 1. The van der Waals surface area contributed by atoms with Gasteiger partial charge in [0.05, 0.1) is 12.1 Å². The molecule has 114 valence electrons. The Hall–Kier alpha value is -1.55. The van der Waals surface area contributed by atoms with E-state index in [9.17, 15) is 4.79 Å². The maximum atomic E-state index is 12.2. The zero-order chi connectivity index (χ0) is 14.7. The molecule has 1 aromatic carbocycles. The molecule has 0 spiro atoms. The van der Waals surface area contributed by atoms with Gasteiger partial charge in [-0.05, 0) is 68.8 Å². The van der Waals surface area contributed by atoms with Gasteiger partial charge in [-0.2, -0.15) is 0 Å². The van der Waals surface area contributed by atoms with Crippen molar-refractivity contribution in [2.24, 2.45) is 5.92 Å². The molecule has 0 aromatic heterocycles. The zero-order valence-electron chi connectivity index (χ0n) is 12.6. The Kier molecular flexibility index (Phi) is 4.44. The highest BCUT2D eigenvalue weighted by molar-refractivity contribution is 5.95. The number of ether oxygens (including phenoxy) is 1. The summed E-state index contributed by atoms with van der Waals surface area (Å²) in [4.78, 5) is 12.2. The molecular weight excluding hydrogens is 264 g/mol. The summed E-state index contributed by atoms with van der Waals surface area (Å²) in [6, 6.07) is 7.65. The van der Waals surface area contributed by atoms with Crippen molar-refractivity contribution in [3.8, 4) is 5.75 Å². The molecule has 2 atom stereocenters. The third-order valence-electron chi connectivity index (χ3n) is 4.54. The summed E-state index contributed by atoms with van der Waals surface area (Å²) in [5.41, 5.74) is 0.833. The van der Waals surface area contributed by atoms with Gasteiger partial charge < -0.3 is 15.4 Å². The first-order valence-corrected chi connectivity index (χ1v) is 8.03. The van der Waals surface area contributed by atoms with Crippen LogP contribution in [0.1, 0.15) is 39.0 Å². The number of anilines is 1. The van der Waals surface area contributed by atoms with Crippen LogP contribution >= 0.6 is 0 Å². The average molecular weight is 288 g/mol. The molecule has 2 fully saturated rings. The Balaban J connectivity index is 1.55. The molecule has 1 saturated carbocycles. The average Bonchev–Trinajstić information content (AvgIpc) is 3.12. The fourth-order valence-electron chi connectivity index (χ4n) is 3.22. The Morgan fingerprint density at radius 1 is 1.19 bits per heavy atom. The first-order chi connectivity index (χ1) is 10.2. The Morgan fingerprint density at radius 3 is 2.52 bits per heavy atom. The summed E-state index contributed by atoms with van der Waals surface area (Å²) in [6.07, 6.45) is 6.28. The predicted molar refractivity (Wildman–Crippen MR) is 83.5 cm³/mol. The van der Waals surface area contributed by atoms with Crippen molar-refractivity contribution >= 4 is 11.6 Å². The highest BCUT2D eigenvalue weighted by Gasteiger charge is 2.29. The van der Waals surface area contributed by atoms with Crippen LogP contribution in [-0.2, 0) is 4.79 Å². The van der Waals surface area contributed by atoms with Crippen LogP contribution in [-0.4, -0.2) is 24.6 Å². The minimum Gasteiger partial charge on any atom is -0.490 e. The third-order valence-corrected chi connectivity index (χ3v) is 4.54. The molecule has 1 amide bonds. The molecule has 21 heavy (non-hydrogen) atoms. The first kappa shape index (κ1) is 14.4. The van der Waals surface area contributed by atoms with E-state index in [-0.39, 0.29) is 11.9 Å². The van der Waals surface area contributed by atoms with Gasteiger partial charge in [0.2, 0.25) is 5.91 Å². The lowest BCUT2D eigenvalue weighted by atomic mass is 10.0. The monoisotopic (exact) mass is 288 g/mol. The predicted octanol–water partition coefficient (Wildman–Crippen LogP) is 2.94. The molecule has 1 aliphatic heterocycles. The van der Waals surface area contributed by atoms with E-state index in [0.29, 0.717) is 12.0 Å². The van der Waals surface area contributed by atoms with Gasteiger partial charge in [0.25, 0.3) is 0 Å². The smallest absolute Gasteiger partial charge is 0.241 e. The summed E-state index contributed by atoms with van der Waals surface area (Å²) in [5.74, 6) is 1.35. The van der Waals surface area contributed by atoms with Crippen molar-refractivity contribution < 1.29 is 9.53 Å². The van der Waals surface area contributed by atoms with Crippen LogP contribution in [0.5, 0.6) is 5.75 Å². The normalized spacial score (nSPS) is 26.0. The molecule has 4 nitrogen and oxygen atoms in total. The molecule has 1 aromatic rings. The van der Waals surface area contributed by atoms with Gasteiger partial charge >= 0.3 is 0 Å². The number of benzene rings is 1. The highest BCUT2D eigenvalue weighted by atomic mass is 16.5. The summed E-state index contributed by atoms with van der Waals surface area (Å²) in [7, 11) is 0. The number of rotatable bonds is 4. The number of carbonyl (C=O) groups excluding carboxylic acids is 1. The van der Waals surface area contributed by atoms with E-state index in [4.69, 9.17) is 4.74 Å². The number of hydrogen-bond donors (Lipinski definition) is 2. The van der Waals surface area contributed by atoms with E-state index in [2.05, 4.69) is 17.6 Å². The number of carbonyl (C=O) groups is 1. The topological polar surface area (TPSA) is 50.4 Å². The van der Waals surface area contributed by atoms with Gasteiger partial charge in [-0.1, -0.05) is 6.92 Å². The van der Waals surface area contributed by atoms with Gasteiger partial charge in [0, 0.05) is 5.69 Å². The Morgan fingerprint density at radius 2 is 1.90 bits per heavy atom. The highest BCUT2D eigenvalue weighted by Crippen LogP contribution is 2.25. The molecule has 1 heterocycles. The summed E-state index contributed by atoms with van der Waals surface area (Å²) in [6.45, 7) is 3.04. The molecule has 0 radical (unpaired) electrons. The Labute approximate surface area is 126 Å². The molecular formula is C17H24N2O2. The van der Waals surface area contributed by atoms with Crippen LogP contribution in [0, 0.1) is 5.92 Å². The lowest BCUT2D eigenvalue weighted by Crippen LogP contribution is -2.39. The fourth-order valence-corrected chi connectivity index (χ4v) is 3.22. The molecule has 2 aliphatic rings. The van der Waals surface area contributed by atoms with E-state index in [1.54, 1.807) is 0 Å². The van der Waals surface area contributed by atoms with Gasteiger partial charge in [0.1, 0.15) is 5.75 Å². The second-order valence-electron chi connectivity index (χ2n) is 6.24. The molecule has 2 unspecified atom stereocenters. The second-order valence-corrected chi connectivity index (χ2v) is 6.24. The molecule has 1 aliphatic carbocycles. The van der Waals surface area contributed by atoms with Crippen LogP contribution < -0.4 is 15.4 Å². The SMILES string of the molecule is CC1CCNC1C(=O)Nc1ccc(OC2CCCC2)cc1. The van der Waals surface area contributed by atoms with Crippen molar-refractivity contribution in [3.05, 3.63) is 24.3 Å². The largest absolute Gasteiger partial charge is 0.490 e. The molecule has 2 N–H and O–H groups in total. The van der Waals surface area contributed by atoms with Crippen molar-refractivity contribution in [1.29, 1.82) is 0 Å². The van der Waals surface area contributed by atoms with Gasteiger partial charge in [-0.25, -0.2) is 0 Å². The van der Waals surface area contributed by atoms with Gasteiger partial charge in [-0.3, -0.25) is 4.79 Å². The lowest BCUT2D eigenvalue weighted by molar-refractivity contribution is -0.118.